The van der Waals surface area contributed by atoms with E-state index in [9.17, 15) is 9.59 Å². The molecule has 0 aliphatic carbocycles. The highest BCUT2D eigenvalue weighted by atomic mass is 32.1. The molecule has 1 fully saturated rings. The Bertz CT molecular complexity index is 839. The number of hydrogen-bond acceptors (Lipinski definition) is 4. The van der Waals surface area contributed by atoms with Crippen LogP contribution in [-0.2, 0) is 11.3 Å². The highest BCUT2D eigenvalue weighted by molar-refractivity contribution is 7.09. The van der Waals surface area contributed by atoms with Crippen LogP contribution in [0.2, 0.25) is 0 Å². The van der Waals surface area contributed by atoms with Gasteiger partial charge in [0.25, 0.3) is 5.91 Å². The normalized spacial score (nSPS) is 17.0. The SMILES string of the molecule is Cc1cc(C)cc(C(=O)N2CCCC(c3nc(CNC(=O)C(C)C)cs3)C2)c1. The van der Waals surface area contributed by atoms with E-state index in [1.807, 2.05) is 50.1 Å². The molecular formula is C22H29N3O2S. The summed E-state index contributed by atoms with van der Waals surface area (Å²) >= 11 is 1.63. The molecule has 2 amide bonds. The Hall–Kier alpha value is -2.21. The predicted molar refractivity (Wildman–Crippen MR) is 113 cm³/mol. The number of rotatable bonds is 5. The number of aryl methyl sites for hydroxylation is 2. The van der Waals surface area contributed by atoms with Crippen LogP contribution in [0.15, 0.2) is 23.6 Å². The molecule has 1 aromatic heterocycles. The number of thiazole rings is 1. The second-order valence-electron chi connectivity index (χ2n) is 8.02. The maximum Gasteiger partial charge on any atom is 0.253 e. The molecule has 1 atom stereocenters. The monoisotopic (exact) mass is 399 g/mol. The van der Waals surface area contributed by atoms with E-state index in [0.717, 1.165) is 46.8 Å². The Labute approximate surface area is 171 Å². The molecule has 3 rings (SSSR count). The molecule has 6 heteroatoms. The number of nitrogens with zero attached hydrogens (tertiary/aromatic N) is 2. The van der Waals surface area contributed by atoms with Gasteiger partial charge in [0.05, 0.1) is 17.2 Å². The Kier molecular flexibility index (Phi) is 6.50. The number of carbonyl (C=O) groups excluding carboxylic acids is 2. The number of aromatic nitrogens is 1. The van der Waals surface area contributed by atoms with Crippen LogP contribution in [0.5, 0.6) is 0 Å². The van der Waals surface area contributed by atoms with Crippen molar-refractivity contribution in [3.8, 4) is 0 Å². The second kappa shape index (κ2) is 8.86. The van der Waals surface area contributed by atoms with Gasteiger partial charge in [-0.25, -0.2) is 4.98 Å². The predicted octanol–water partition coefficient (Wildman–Crippen LogP) is 4.05. The first-order chi connectivity index (χ1) is 13.3. The fourth-order valence-corrected chi connectivity index (χ4v) is 4.56. The smallest absolute Gasteiger partial charge is 0.253 e. The van der Waals surface area contributed by atoms with Gasteiger partial charge in [0.1, 0.15) is 0 Å². The summed E-state index contributed by atoms with van der Waals surface area (Å²) < 4.78 is 0. The van der Waals surface area contributed by atoms with Crippen molar-refractivity contribution in [2.75, 3.05) is 13.1 Å². The summed E-state index contributed by atoms with van der Waals surface area (Å²) in [5, 5.41) is 5.99. The summed E-state index contributed by atoms with van der Waals surface area (Å²) in [6.45, 7) is 9.78. The van der Waals surface area contributed by atoms with Crippen molar-refractivity contribution in [2.45, 2.75) is 53.0 Å². The van der Waals surface area contributed by atoms with Gasteiger partial charge in [0.15, 0.2) is 0 Å². The van der Waals surface area contributed by atoms with Crippen molar-refractivity contribution < 1.29 is 9.59 Å². The number of benzene rings is 1. The quantitative estimate of drug-likeness (QED) is 0.825. The van der Waals surface area contributed by atoms with Gasteiger partial charge in [0.2, 0.25) is 5.91 Å². The number of likely N-dealkylation sites (tertiary alicyclic amines) is 1. The van der Waals surface area contributed by atoms with Crippen molar-refractivity contribution in [1.82, 2.24) is 15.2 Å². The van der Waals surface area contributed by atoms with Crippen molar-refractivity contribution in [3.63, 3.8) is 0 Å². The van der Waals surface area contributed by atoms with Crippen LogP contribution < -0.4 is 5.32 Å². The van der Waals surface area contributed by atoms with Crippen molar-refractivity contribution in [2.24, 2.45) is 5.92 Å². The molecule has 2 aromatic rings. The average Bonchev–Trinajstić information content (AvgIpc) is 3.13. The van der Waals surface area contributed by atoms with Gasteiger partial charge >= 0.3 is 0 Å². The van der Waals surface area contributed by atoms with E-state index in [4.69, 9.17) is 4.98 Å². The number of carbonyl (C=O) groups is 2. The fourth-order valence-electron chi connectivity index (χ4n) is 3.62. The lowest BCUT2D eigenvalue weighted by molar-refractivity contribution is -0.124. The minimum Gasteiger partial charge on any atom is -0.350 e. The Balaban J connectivity index is 1.65. The first-order valence-electron chi connectivity index (χ1n) is 9.93. The van der Waals surface area contributed by atoms with Crippen LogP contribution in [0.1, 0.15) is 64.8 Å². The van der Waals surface area contributed by atoms with Gasteiger partial charge in [0, 0.05) is 35.9 Å². The molecule has 1 aliphatic heterocycles. The molecule has 1 aromatic carbocycles. The van der Waals surface area contributed by atoms with E-state index >= 15 is 0 Å². The molecule has 1 saturated heterocycles. The van der Waals surface area contributed by atoms with Crippen LogP contribution in [0.4, 0.5) is 0 Å². The van der Waals surface area contributed by atoms with Gasteiger partial charge in [-0.2, -0.15) is 0 Å². The number of nitrogens with one attached hydrogen (secondary N) is 1. The molecule has 0 radical (unpaired) electrons. The standard InChI is InChI=1S/C22H29N3O2S/c1-14(2)20(26)23-11-19-13-28-21(24-19)17-6-5-7-25(12-17)22(27)18-9-15(3)8-16(4)10-18/h8-10,13-14,17H,5-7,11-12H2,1-4H3,(H,23,26). The van der Waals surface area contributed by atoms with Gasteiger partial charge in [-0.1, -0.05) is 31.0 Å². The zero-order valence-electron chi connectivity index (χ0n) is 17.1. The molecular weight excluding hydrogens is 370 g/mol. The van der Waals surface area contributed by atoms with Gasteiger partial charge in [-0.15, -0.1) is 11.3 Å². The highest BCUT2D eigenvalue weighted by Gasteiger charge is 2.27. The Morgan fingerprint density at radius 2 is 1.96 bits per heavy atom. The summed E-state index contributed by atoms with van der Waals surface area (Å²) in [4.78, 5) is 31.4. The maximum absolute atomic E-state index is 13.0. The van der Waals surface area contributed by atoms with Crippen molar-refractivity contribution >= 4 is 23.2 Å². The zero-order chi connectivity index (χ0) is 20.3. The minimum atomic E-state index is -0.0266. The van der Waals surface area contributed by atoms with Crippen molar-refractivity contribution in [3.05, 3.63) is 51.0 Å². The molecule has 28 heavy (non-hydrogen) atoms. The lowest BCUT2D eigenvalue weighted by Gasteiger charge is -2.32. The minimum absolute atomic E-state index is 0.0266. The largest absolute Gasteiger partial charge is 0.350 e. The Morgan fingerprint density at radius 3 is 2.64 bits per heavy atom. The fraction of sp³-hybridized carbons (Fsp3) is 0.500. The molecule has 0 saturated carbocycles. The van der Waals surface area contributed by atoms with Gasteiger partial charge in [-0.05, 0) is 38.8 Å². The number of amides is 2. The van der Waals surface area contributed by atoms with E-state index in [0.29, 0.717) is 13.1 Å². The topological polar surface area (TPSA) is 62.3 Å². The van der Waals surface area contributed by atoms with E-state index in [-0.39, 0.29) is 23.7 Å². The third-order valence-electron chi connectivity index (χ3n) is 5.06. The third-order valence-corrected chi connectivity index (χ3v) is 6.12. The molecule has 1 aliphatic rings. The number of piperidine rings is 1. The van der Waals surface area contributed by atoms with Crippen LogP contribution in [0, 0.1) is 19.8 Å². The lowest BCUT2D eigenvalue weighted by Crippen LogP contribution is -2.39. The average molecular weight is 400 g/mol. The summed E-state index contributed by atoms with van der Waals surface area (Å²) in [6, 6.07) is 6.03. The zero-order valence-corrected chi connectivity index (χ0v) is 17.9. The summed E-state index contributed by atoms with van der Waals surface area (Å²) in [7, 11) is 0. The molecule has 0 bridgehead atoms. The maximum atomic E-state index is 13.0. The van der Waals surface area contributed by atoms with Crippen molar-refractivity contribution in [1.29, 1.82) is 0 Å². The lowest BCUT2D eigenvalue weighted by atomic mass is 9.97. The van der Waals surface area contributed by atoms with Crippen LogP contribution >= 0.6 is 11.3 Å². The van der Waals surface area contributed by atoms with E-state index < -0.39 is 0 Å². The van der Waals surface area contributed by atoms with E-state index in [1.165, 1.54) is 0 Å². The highest BCUT2D eigenvalue weighted by Crippen LogP contribution is 2.30. The summed E-state index contributed by atoms with van der Waals surface area (Å²) in [6.07, 6.45) is 2.03. The summed E-state index contributed by atoms with van der Waals surface area (Å²) in [5.41, 5.74) is 3.90. The van der Waals surface area contributed by atoms with E-state index in [1.54, 1.807) is 11.3 Å². The third kappa shape index (κ3) is 4.98. The van der Waals surface area contributed by atoms with E-state index in [2.05, 4.69) is 11.4 Å². The molecule has 1 unspecified atom stereocenters. The van der Waals surface area contributed by atoms with Crippen LogP contribution in [0.25, 0.3) is 0 Å². The second-order valence-corrected chi connectivity index (χ2v) is 8.91. The van der Waals surface area contributed by atoms with Crippen LogP contribution in [0.3, 0.4) is 0 Å². The molecule has 150 valence electrons. The van der Waals surface area contributed by atoms with Crippen LogP contribution in [-0.4, -0.2) is 34.8 Å². The molecule has 1 N–H and O–H groups in total. The number of hydrogen-bond donors (Lipinski definition) is 1. The molecule has 5 nitrogen and oxygen atoms in total. The van der Waals surface area contributed by atoms with Gasteiger partial charge < -0.3 is 10.2 Å². The first kappa shape index (κ1) is 20.5. The Morgan fingerprint density at radius 1 is 1.25 bits per heavy atom. The first-order valence-corrected chi connectivity index (χ1v) is 10.8. The van der Waals surface area contributed by atoms with Gasteiger partial charge in [-0.3, -0.25) is 9.59 Å². The molecule has 0 spiro atoms. The summed E-state index contributed by atoms with van der Waals surface area (Å²) in [5.74, 6) is 0.388. The molecule has 2 heterocycles.